The molecule has 1 atom stereocenters. The first-order chi connectivity index (χ1) is 12.0. The lowest BCUT2D eigenvalue weighted by Gasteiger charge is -2.36. The Balaban J connectivity index is 0.00000243. The number of carbonyl (C=O) groups is 1. The van der Waals surface area contributed by atoms with Crippen molar-refractivity contribution in [3.63, 3.8) is 0 Å². The number of nitrogens with zero attached hydrogens (tertiary/aromatic N) is 1. The van der Waals surface area contributed by atoms with Crippen LogP contribution in [0.3, 0.4) is 0 Å². The Morgan fingerprint density at radius 3 is 2.58 bits per heavy atom. The van der Waals surface area contributed by atoms with Gasteiger partial charge in [-0.05, 0) is 17.5 Å². The maximum atomic E-state index is 12.9. The molecular weight excluding hydrogens is 358 g/mol. The summed E-state index contributed by atoms with van der Waals surface area (Å²) in [6.07, 6.45) is 0.941. The number of H-pyrrole nitrogens is 2. The van der Waals surface area contributed by atoms with Crippen LogP contribution in [0.25, 0.3) is 0 Å². The van der Waals surface area contributed by atoms with Gasteiger partial charge in [-0.25, -0.2) is 4.79 Å². The first-order valence-corrected chi connectivity index (χ1v) is 8.24. The van der Waals surface area contributed by atoms with Crippen LogP contribution in [0.5, 0.6) is 0 Å². The molecule has 2 heterocycles. The fraction of sp³-hybridized carbons (Fsp3) is 0.353. The van der Waals surface area contributed by atoms with Gasteiger partial charge in [-0.2, -0.15) is 0 Å². The van der Waals surface area contributed by atoms with Gasteiger partial charge in [-0.1, -0.05) is 31.2 Å². The molecule has 0 saturated carbocycles. The van der Waals surface area contributed by atoms with Crippen LogP contribution < -0.4 is 22.3 Å². The SMILES string of the molecule is CCc1ccc(C2CNCCN2C(=O)c2[nH]c(=O)[nH]c(=O)c2N)cc1.Cl. The molecule has 1 amide bonds. The summed E-state index contributed by atoms with van der Waals surface area (Å²) in [6.45, 7) is 3.75. The van der Waals surface area contributed by atoms with E-state index in [1.165, 1.54) is 5.56 Å². The Morgan fingerprint density at radius 2 is 1.92 bits per heavy atom. The molecule has 0 bridgehead atoms. The molecule has 1 aliphatic heterocycles. The second-order valence-corrected chi connectivity index (χ2v) is 6.01. The van der Waals surface area contributed by atoms with Gasteiger partial charge in [-0.15, -0.1) is 12.4 Å². The number of benzene rings is 1. The fourth-order valence-electron chi connectivity index (χ4n) is 3.03. The maximum Gasteiger partial charge on any atom is 0.326 e. The predicted octanol–water partition coefficient (Wildman–Crippen LogP) is 0.416. The topological polar surface area (TPSA) is 124 Å². The van der Waals surface area contributed by atoms with Crippen LogP contribution in [0.2, 0.25) is 0 Å². The Kier molecular flexibility index (Phi) is 6.23. The second-order valence-electron chi connectivity index (χ2n) is 6.01. The number of amides is 1. The molecule has 2 aromatic rings. The second kappa shape index (κ2) is 8.20. The van der Waals surface area contributed by atoms with Crippen molar-refractivity contribution in [1.29, 1.82) is 0 Å². The molecule has 0 spiro atoms. The van der Waals surface area contributed by atoms with Crippen molar-refractivity contribution in [3.8, 4) is 0 Å². The number of aromatic nitrogens is 2. The summed E-state index contributed by atoms with van der Waals surface area (Å²) in [5.74, 6) is -0.452. The monoisotopic (exact) mass is 379 g/mol. The van der Waals surface area contributed by atoms with Crippen molar-refractivity contribution in [2.75, 3.05) is 25.4 Å². The molecule has 1 aromatic carbocycles. The molecule has 1 unspecified atom stereocenters. The summed E-state index contributed by atoms with van der Waals surface area (Å²) in [6, 6.07) is 7.88. The van der Waals surface area contributed by atoms with E-state index in [0.717, 1.165) is 12.0 Å². The largest absolute Gasteiger partial charge is 0.392 e. The zero-order chi connectivity index (χ0) is 18.0. The molecule has 0 aliphatic carbocycles. The molecule has 1 saturated heterocycles. The molecule has 9 heteroatoms. The number of aryl methyl sites for hydroxylation is 1. The van der Waals surface area contributed by atoms with Gasteiger partial charge in [0.2, 0.25) is 0 Å². The van der Waals surface area contributed by atoms with E-state index in [1.807, 2.05) is 29.2 Å². The third-order valence-corrected chi connectivity index (χ3v) is 4.47. The number of nitrogen functional groups attached to an aromatic ring is 1. The average Bonchev–Trinajstić information content (AvgIpc) is 2.64. The molecule has 3 rings (SSSR count). The number of nitrogens with one attached hydrogen (secondary N) is 3. The lowest BCUT2D eigenvalue weighted by molar-refractivity contribution is 0.0628. The van der Waals surface area contributed by atoms with Gasteiger partial charge in [0.15, 0.2) is 0 Å². The number of aromatic amines is 2. The van der Waals surface area contributed by atoms with Crippen LogP contribution in [0.1, 0.15) is 34.6 Å². The summed E-state index contributed by atoms with van der Waals surface area (Å²) >= 11 is 0. The summed E-state index contributed by atoms with van der Waals surface area (Å²) < 4.78 is 0. The third kappa shape index (κ3) is 3.81. The van der Waals surface area contributed by atoms with E-state index >= 15 is 0 Å². The smallest absolute Gasteiger partial charge is 0.326 e. The van der Waals surface area contributed by atoms with E-state index in [-0.39, 0.29) is 29.8 Å². The maximum absolute atomic E-state index is 12.9. The van der Waals surface area contributed by atoms with Gasteiger partial charge < -0.3 is 20.9 Å². The number of carbonyl (C=O) groups excluding carboxylic acids is 1. The van der Waals surface area contributed by atoms with Crippen molar-refractivity contribution < 1.29 is 4.79 Å². The lowest BCUT2D eigenvalue weighted by atomic mass is 10.0. The van der Waals surface area contributed by atoms with Gasteiger partial charge in [0.25, 0.3) is 11.5 Å². The number of hydrogen-bond acceptors (Lipinski definition) is 5. The normalized spacial score (nSPS) is 16.8. The van der Waals surface area contributed by atoms with E-state index < -0.39 is 17.2 Å². The molecule has 8 nitrogen and oxygen atoms in total. The molecule has 1 aromatic heterocycles. The summed E-state index contributed by atoms with van der Waals surface area (Å²) in [5, 5.41) is 3.27. The zero-order valence-corrected chi connectivity index (χ0v) is 15.2. The number of piperazine rings is 1. The highest BCUT2D eigenvalue weighted by molar-refractivity contribution is 5.97. The van der Waals surface area contributed by atoms with E-state index in [4.69, 9.17) is 5.73 Å². The average molecular weight is 380 g/mol. The van der Waals surface area contributed by atoms with Crippen LogP contribution in [0.4, 0.5) is 5.69 Å². The minimum absolute atomic E-state index is 0. The van der Waals surface area contributed by atoms with Gasteiger partial charge in [0.05, 0.1) is 6.04 Å². The standard InChI is InChI=1S/C17H21N5O3.ClH/c1-2-10-3-5-11(6-4-10)12-9-19-7-8-22(12)16(24)14-13(18)15(23)21-17(25)20-14;/h3-6,12,19H,2,7-9,18H2,1H3,(H2,20,21,23,25);1H. The van der Waals surface area contributed by atoms with Gasteiger partial charge in [0.1, 0.15) is 11.4 Å². The fourth-order valence-corrected chi connectivity index (χ4v) is 3.03. The summed E-state index contributed by atoms with van der Waals surface area (Å²) in [4.78, 5) is 42.1. The minimum atomic E-state index is -0.758. The molecule has 1 aliphatic rings. The van der Waals surface area contributed by atoms with Crippen LogP contribution in [-0.2, 0) is 6.42 Å². The Morgan fingerprint density at radius 1 is 1.23 bits per heavy atom. The Labute approximate surface area is 156 Å². The van der Waals surface area contributed by atoms with Crippen molar-refractivity contribution >= 4 is 24.0 Å². The Hall–Kier alpha value is -2.58. The van der Waals surface area contributed by atoms with E-state index in [1.54, 1.807) is 4.90 Å². The van der Waals surface area contributed by atoms with Crippen molar-refractivity contribution in [2.24, 2.45) is 0 Å². The zero-order valence-electron chi connectivity index (χ0n) is 14.4. The first-order valence-electron chi connectivity index (χ1n) is 8.24. The van der Waals surface area contributed by atoms with E-state index in [2.05, 4.69) is 17.2 Å². The third-order valence-electron chi connectivity index (χ3n) is 4.47. The van der Waals surface area contributed by atoms with Crippen LogP contribution >= 0.6 is 12.4 Å². The minimum Gasteiger partial charge on any atom is -0.392 e. The number of nitrogens with two attached hydrogens (primary N) is 1. The Bertz CT molecular complexity index is 891. The van der Waals surface area contributed by atoms with Crippen molar-refractivity contribution in [3.05, 3.63) is 61.9 Å². The number of hydrogen-bond donors (Lipinski definition) is 4. The first kappa shape index (κ1) is 19.7. The summed E-state index contributed by atoms with van der Waals surface area (Å²) in [5.41, 5.74) is 5.97. The van der Waals surface area contributed by atoms with Gasteiger partial charge in [0, 0.05) is 19.6 Å². The van der Waals surface area contributed by atoms with E-state index in [0.29, 0.717) is 19.6 Å². The highest BCUT2D eigenvalue weighted by Crippen LogP contribution is 2.24. The highest BCUT2D eigenvalue weighted by atomic mass is 35.5. The molecule has 1 fully saturated rings. The number of rotatable bonds is 3. The molecule has 140 valence electrons. The molecule has 26 heavy (non-hydrogen) atoms. The number of anilines is 1. The predicted molar refractivity (Wildman–Crippen MR) is 102 cm³/mol. The van der Waals surface area contributed by atoms with Gasteiger partial charge in [-0.3, -0.25) is 14.6 Å². The van der Waals surface area contributed by atoms with Crippen LogP contribution in [-0.4, -0.2) is 40.4 Å². The van der Waals surface area contributed by atoms with Crippen LogP contribution in [0, 0.1) is 0 Å². The van der Waals surface area contributed by atoms with E-state index in [9.17, 15) is 14.4 Å². The quantitative estimate of drug-likeness (QED) is 0.615. The summed E-state index contributed by atoms with van der Waals surface area (Å²) in [7, 11) is 0. The highest BCUT2D eigenvalue weighted by Gasteiger charge is 2.30. The molecule has 5 N–H and O–H groups in total. The molecular formula is C17H22ClN5O3. The van der Waals surface area contributed by atoms with Crippen molar-refractivity contribution in [1.82, 2.24) is 20.2 Å². The van der Waals surface area contributed by atoms with Crippen LogP contribution in [0.15, 0.2) is 33.9 Å². The number of halogens is 1. The van der Waals surface area contributed by atoms with Crippen molar-refractivity contribution in [2.45, 2.75) is 19.4 Å². The molecule has 0 radical (unpaired) electrons. The lowest BCUT2D eigenvalue weighted by Crippen LogP contribution is -2.49. The van der Waals surface area contributed by atoms with Gasteiger partial charge >= 0.3 is 5.69 Å².